The van der Waals surface area contributed by atoms with Crippen LogP contribution in [-0.2, 0) is 9.63 Å². The van der Waals surface area contributed by atoms with E-state index in [0.29, 0.717) is 13.0 Å². The molecule has 2 aliphatic heterocycles. The zero-order chi connectivity index (χ0) is 9.80. The molecule has 2 aliphatic rings. The number of hydroxylamine groups is 2. The molecule has 0 radical (unpaired) electrons. The highest BCUT2D eigenvalue weighted by Gasteiger charge is 2.22. The molecule has 0 atom stereocenters. The molecule has 2 fully saturated rings. The molecule has 1 N–H and O–H groups in total. The Balaban J connectivity index is 1.68. The summed E-state index contributed by atoms with van der Waals surface area (Å²) in [6, 6.07) is 0. The summed E-state index contributed by atoms with van der Waals surface area (Å²) in [6.07, 6.45) is 4.13. The summed E-state index contributed by atoms with van der Waals surface area (Å²) in [7, 11) is 0. The van der Waals surface area contributed by atoms with Gasteiger partial charge in [-0.05, 0) is 38.3 Å². The molecule has 0 aliphatic carbocycles. The molecule has 0 aromatic heterocycles. The first-order chi connectivity index (χ1) is 6.86. The summed E-state index contributed by atoms with van der Waals surface area (Å²) in [6.45, 7) is 3.60. The van der Waals surface area contributed by atoms with Gasteiger partial charge in [0.2, 0.25) is 5.91 Å². The molecule has 4 nitrogen and oxygen atoms in total. The summed E-state index contributed by atoms with van der Waals surface area (Å²) in [4.78, 5) is 16.5. The topological polar surface area (TPSA) is 41.6 Å². The zero-order valence-electron chi connectivity index (χ0n) is 8.50. The SMILES string of the molecule is O=C1CCON1CCC1CCNCC1. The molecule has 2 rings (SSSR count). The van der Waals surface area contributed by atoms with Crippen LogP contribution in [0.5, 0.6) is 0 Å². The first-order valence-corrected chi connectivity index (χ1v) is 5.50. The van der Waals surface area contributed by atoms with Gasteiger partial charge >= 0.3 is 0 Å². The summed E-state index contributed by atoms with van der Waals surface area (Å²) < 4.78 is 0. The van der Waals surface area contributed by atoms with E-state index in [9.17, 15) is 4.79 Å². The van der Waals surface area contributed by atoms with E-state index in [4.69, 9.17) is 4.84 Å². The fourth-order valence-electron chi connectivity index (χ4n) is 2.10. The summed E-state index contributed by atoms with van der Waals surface area (Å²) in [5, 5.41) is 4.88. The van der Waals surface area contributed by atoms with E-state index in [-0.39, 0.29) is 5.91 Å². The third-order valence-electron chi connectivity index (χ3n) is 3.04. The molecule has 0 aromatic rings. The van der Waals surface area contributed by atoms with E-state index in [2.05, 4.69) is 5.32 Å². The molecule has 2 saturated heterocycles. The lowest BCUT2D eigenvalue weighted by atomic mass is 9.95. The Bertz CT molecular complexity index is 202. The first-order valence-electron chi connectivity index (χ1n) is 5.50. The maximum atomic E-state index is 11.2. The van der Waals surface area contributed by atoms with Gasteiger partial charge in [0.15, 0.2) is 0 Å². The van der Waals surface area contributed by atoms with Gasteiger partial charge in [-0.1, -0.05) is 0 Å². The second-order valence-corrected chi connectivity index (χ2v) is 4.06. The van der Waals surface area contributed by atoms with Crippen LogP contribution in [0.3, 0.4) is 0 Å². The molecule has 14 heavy (non-hydrogen) atoms. The van der Waals surface area contributed by atoms with Gasteiger partial charge in [0.1, 0.15) is 0 Å². The number of nitrogens with one attached hydrogen (secondary N) is 1. The lowest BCUT2D eigenvalue weighted by Gasteiger charge is -2.24. The average molecular weight is 198 g/mol. The van der Waals surface area contributed by atoms with Crippen molar-refractivity contribution in [3.63, 3.8) is 0 Å². The van der Waals surface area contributed by atoms with Gasteiger partial charge in [-0.15, -0.1) is 0 Å². The molecule has 0 unspecified atom stereocenters. The Morgan fingerprint density at radius 2 is 2.21 bits per heavy atom. The van der Waals surface area contributed by atoms with Crippen LogP contribution in [0.4, 0.5) is 0 Å². The highest BCUT2D eigenvalue weighted by molar-refractivity contribution is 5.76. The van der Waals surface area contributed by atoms with Crippen molar-refractivity contribution >= 4 is 5.91 Å². The Morgan fingerprint density at radius 1 is 1.43 bits per heavy atom. The molecule has 0 bridgehead atoms. The van der Waals surface area contributed by atoms with Crippen LogP contribution in [0.1, 0.15) is 25.7 Å². The second kappa shape index (κ2) is 4.75. The molecule has 2 heterocycles. The normalized spacial score (nSPS) is 24.6. The number of hydrogen-bond acceptors (Lipinski definition) is 3. The average Bonchev–Trinajstić information content (AvgIpc) is 2.63. The molecule has 80 valence electrons. The molecular weight excluding hydrogens is 180 g/mol. The van der Waals surface area contributed by atoms with Crippen LogP contribution in [0.2, 0.25) is 0 Å². The molecular formula is C10H18N2O2. The monoisotopic (exact) mass is 198 g/mol. The van der Waals surface area contributed by atoms with Gasteiger partial charge in [0, 0.05) is 6.54 Å². The summed E-state index contributed by atoms with van der Waals surface area (Å²) in [5.41, 5.74) is 0. The van der Waals surface area contributed by atoms with Crippen LogP contribution in [0.25, 0.3) is 0 Å². The van der Waals surface area contributed by atoms with Crippen molar-refractivity contribution in [2.45, 2.75) is 25.7 Å². The van der Waals surface area contributed by atoms with Crippen LogP contribution in [-0.4, -0.2) is 37.2 Å². The van der Waals surface area contributed by atoms with E-state index in [1.165, 1.54) is 12.8 Å². The minimum Gasteiger partial charge on any atom is -0.317 e. The minimum atomic E-state index is 0.152. The Labute approximate surface area is 84.6 Å². The number of carbonyl (C=O) groups excluding carboxylic acids is 1. The second-order valence-electron chi connectivity index (χ2n) is 4.06. The molecule has 0 spiro atoms. The third-order valence-corrected chi connectivity index (χ3v) is 3.04. The van der Waals surface area contributed by atoms with Crippen LogP contribution in [0.15, 0.2) is 0 Å². The van der Waals surface area contributed by atoms with Crippen molar-refractivity contribution in [3.05, 3.63) is 0 Å². The maximum absolute atomic E-state index is 11.2. The van der Waals surface area contributed by atoms with Crippen molar-refractivity contribution in [2.75, 3.05) is 26.2 Å². The lowest BCUT2D eigenvalue weighted by Crippen LogP contribution is -2.31. The lowest BCUT2D eigenvalue weighted by molar-refractivity contribution is -0.162. The Morgan fingerprint density at radius 3 is 2.86 bits per heavy atom. The number of piperidine rings is 1. The van der Waals surface area contributed by atoms with E-state index >= 15 is 0 Å². The third kappa shape index (κ3) is 2.45. The van der Waals surface area contributed by atoms with Gasteiger partial charge in [0.05, 0.1) is 13.0 Å². The highest BCUT2D eigenvalue weighted by atomic mass is 16.7. The van der Waals surface area contributed by atoms with Crippen molar-refractivity contribution in [1.82, 2.24) is 10.4 Å². The summed E-state index contributed by atoms with van der Waals surface area (Å²) in [5.74, 6) is 0.923. The van der Waals surface area contributed by atoms with E-state index in [1.54, 1.807) is 5.06 Å². The van der Waals surface area contributed by atoms with Crippen molar-refractivity contribution < 1.29 is 9.63 Å². The minimum absolute atomic E-state index is 0.152. The van der Waals surface area contributed by atoms with E-state index < -0.39 is 0 Å². The number of hydrogen-bond donors (Lipinski definition) is 1. The van der Waals surface area contributed by atoms with Gasteiger partial charge in [-0.3, -0.25) is 9.63 Å². The summed E-state index contributed by atoms with van der Waals surface area (Å²) >= 11 is 0. The molecule has 1 amide bonds. The number of amides is 1. The molecule has 4 heteroatoms. The van der Waals surface area contributed by atoms with Crippen LogP contribution >= 0.6 is 0 Å². The number of rotatable bonds is 3. The fourth-order valence-corrected chi connectivity index (χ4v) is 2.10. The van der Waals surface area contributed by atoms with Gasteiger partial charge in [-0.2, -0.15) is 0 Å². The zero-order valence-corrected chi connectivity index (χ0v) is 8.50. The Kier molecular flexibility index (Phi) is 3.37. The van der Waals surface area contributed by atoms with Crippen molar-refractivity contribution in [1.29, 1.82) is 0 Å². The van der Waals surface area contributed by atoms with Crippen LogP contribution in [0, 0.1) is 5.92 Å². The van der Waals surface area contributed by atoms with Crippen LogP contribution < -0.4 is 5.32 Å². The maximum Gasteiger partial charge on any atom is 0.248 e. The van der Waals surface area contributed by atoms with Crippen molar-refractivity contribution in [2.24, 2.45) is 5.92 Å². The molecule has 0 aromatic carbocycles. The van der Waals surface area contributed by atoms with Gasteiger partial charge in [0.25, 0.3) is 0 Å². The van der Waals surface area contributed by atoms with Crippen molar-refractivity contribution in [3.8, 4) is 0 Å². The van der Waals surface area contributed by atoms with Gasteiger partial charge in [-0.25, -0.2) is 5.06 Å². The molecule has 0 saturated carbocycles. The predicted octanol–water partition coefficient (Wildman–Crippen LogP) is 0.540. The Hall–Kier alpha value is -0.610. The van der Waals surface area contributed by atoms with E-state index in [0.717, 1.165) is 32.0 Å². The quantitative estimate of drug-likeness (QED) is 0.719. The first kappa shape index (κ1) is 9.93. The number of carbonyl (C=O) groups is 1. The fraction of sp³-hybridized carbons (Fsp3) is 0.900. The largest absolute Gasteiger partial charge is 0.317 e. The highest BCUT2D eigenvalue weighted by Crippen LogP contribution is 2.17. The standard InChI is InChI=1S/C10H18N2O2/c13-10-4-8-14-12(10)7-3-9-1-5-11-6-2-9/h9,11H,1-8H2. The predicted molar refractivity (Wildman–Crippen MR) is 52.5 cm³/mol. The van der Waals surface area contributed by atoms with E-state index in [1.807, 2.05) is 0 Å². The van der Waals surface area contributed by atoms with Gasteiger partial charge < -0.3 is 5.32 Å². The smallest absolute Gasteiger partial charge is 0.248 e. The number of nitrogens with zero attached hydrogens (tertiary/aromatic N) is 1.